The number of amides is 1. The molecule has 1 saturated carbocycles. The fourth-order valence-electron chi connectivity index (χ4n) is 2.68. The van der Waals surface area contributed by atoms with Crippen LogP contribution in [0.4, 0.5) is 0 Å². The molecule has 1 aromatic rings. The Bertz CT molecular complexity index is 518. The van der Waals surface area contributed by atoms with Gasteiger partial charge in [-0.15, -0.1) is 0 Å². The van der Waals surface area contributed by atoms with Gasteiger partial charge in [0.1, 0.15) is 11.2 Å². The normalized spacial score (nSPS) is 26.0. The number of aliphatic carboxylic acids is 1. The van der Waals surface area contributed by atoms with E-state index in [4.69, 9.17) is 0 Å². The van der Waals surface area contributed by atoms with E-state index in [-0.39, 0.29) is 11.6 Å². The van der Waals surface area contributed by atoms with Gasteiger partial charge in [-0.2, -0.15) is 0 Å². The summed E-state index contributed by atoms with van der Waals surface area (Å²) in [5.74, 6) is -1.49. The highest BCUT2D eigenvalue weighted by Gasteiger charge is 2.46. The van der Waals surface area contributed by atoms with Crippen LogP contribution in [0.25, 0.3) is 0 Å². The quantitative estimate of drug-likeness (QED) is 0.886. The van der Waals surface area contributed by atoms with E-state index < -0.39 is 17.4 Å². The number of aromatic nitrogens is 1. The van der Waals surface area contributed by atoms with Crippen LogP contribution in [0.5, 0.6) is 0 Å². The van der Waals surface area contributed by atoms with Crippen molar-refractivity contribution in [1.82, 2.24) is 10.3 Å². The smallest absolute Gasteiger partial charge is 0.329 e. The second kappa shape index (κ2) is 5.91. The monoisotopic (exact) mass is 340 g/mol. The van der Waals surface area contributed by atoms with Gasteiger partial charge in [0, 0.05) is 10.7 Å². The van der Waals surface area contributed by atoms with E-state index in [1.165, 1.54) is 6.20 Å². The van der Waals surface area contributed by atoms with Crippen molar-refractivity contribution in [3.05, 3.63) is 28.5 Å². The maximum Gasteiger partial charge on any atom is 0.329 e. The van der Waals surface area contributed by atoms with Crippen molar-refractivity contribution >= 4 is 27.8 Å². The van der Waals surface area contributed by atoms with Gasteiger partial charge in [0.25, 0.3) is 5.91 Å². The van der Waals surface area contributed by atoms with Gasteiger partial charge in [-0.1, -0.05) is 19.8 Å². The van der Waals surface area contributed by atoms with Crippen molar-refractivity contribution in [3.63, 3.8) is 0 Å². The van der Waals surface area contributed by atoms with Crippen molar-refractivity contribution in [2.75, 3.05) is 0 Å². The molecule has 1 fully saturated rings. The number of carbonyl (C=O) groups is 2. The van der Waals surface area contributed by atoms with E-state index in [0.29, 0.717) is 6.42 Å². The fourth-order valence-corrected chi connectivity index (χ4v) is 2.92. The minimum absolute atomic E-state index is 0.0897. The van der Waals surface area contributed by atoms with Gasteiger partial charge in [-0.25, -0.2) is 9.78 Å². The Labute approximate surface area is 125 Å². The lowest BCUT2D eigenvalue weighted by Crippen LogP contribution is -2.60. The zero-order valence-electron chi connectivity index (χ0n) is 11.2. The SMILES string of the molecule is CC1CCCCC1(NC(=O)c1ccc(Br)cn1)C(=O)O. The second-order valence-electron chi connectivity index (χ2n) is 5.24. The van der Waals surface area contributed by atoms with Crippen LogP contribution in [0.3, 0.4) is 0 Å². The molecule has 0 aromatic carbocycles. The fraction of sp³-hybridized carbons (Fsp3) is 0.500. The lowest BCUT2D eigenvalue weighted by molar-refractivity contribution is -0.148. The molecular weight excluding hydrogens is 324 g/mol. The Balaban J connectivity index is 2.22. The van der Waals surface area contributed by atoms with Crippen LogP contribution in [-0.2, 0) is 4.79 Å². The maximum absolute atomic E-state index is 12.2. The summed E-state index contributed by atoms with van der Waals surface area (Å²) in [5.41, 5.74) is -0.948. The van der Waals surface area contributed by atoms with Crippen LogP contribution < -0.4 is 5.32 Å². The van der Waals surface area contributed by atoms with Crippen LogP contribution in [0.1, 0.15) is 43.1 Å². The average Bonchev–Trinajstić information content (AvgIpc) is 2.42. The predicted octanol–water partition coefficient (Wildman–Crippen LogP) is 2.61. The molecule has 1 aliphatic rings. The molecule has 6 heteroatoms. The third-order valence-corrected chi connectivity index (χ3v) is 4.45. The number of halogens is 1. The number of hydrogen-bond donors (Lipinski definition) is 2. The molecule has 1 amide bonds. The van der Waals surface area contributed by atoms with Crippen molar-refractivity contribution in [2.24, 2.45) is 5.92 Å². The largest absolute Gasteiger partial charge is 0.479 e. The van der Waals surface area contributed by atoms with E-state index in [0.717, 1.165) is 23.7 Å². The van der Waals surface area contributed by atoms with Gasteiger partial charge in [0.15, 0.2) is 0 Å². The Hall–Kier alpha value is -1.43. The van der Waals surface area contributed by atoms with Gasteiger partial charge in [0.05, 0.1) is 0 Å². The van der Waals surface area contributed by atoms with Crippen molar-refractivity contribution in [2.45, 2.75) is 38.1 Å². The highest BCUT2D eigenvalue weighted by Crippen LogP contribution is 2.34. The molecule has 0 aliphatic heterocycles. The van der Waals surface area contributed by atoms with Crippen molar-refractivity contribution in [3.8, 4) is 0 Å². The van der Waals surface area contributed by atoms with Gasteiger partial charge in [-0.3, -0.25) is 4.79 Å². The predicted molar refractivity (Wildman–Crippen MR) is 77.4 cm³/mol. The lowest BCUT2D eigenvalue weighted by atomic mass is 9.73. The number of hydrogen-bond acceptors (Lipinski definition) is 3. The molecule has 0 saturated heterocycles. The third kappa shape index (κ3) is 2.85. The van der Waals surface area contributed by atoms with Gasteiger partial charge in [-0.05, 0) is 46.8 Å². The Morgan fingerprint density at radius 3 is 2.75 bits per heavy atom. The van der Waals surface area contributed by atoms with E-state index in [2.05, 4.69) is 26.2 Å². The number of rotatable bonds is 3. The molecule has 2 atom stereocenters. The van der Waals surface area contributed by atoms with Crippen LogP contribution in [-0.4, -0.2) is 27.5 Å². The van der Waals surface area contributed by atoms with Gasteiger partial charge in [0.2, 0.25) is 0 Å². The summed E-state index contributed by atoms with van der Waals surface area (Å²) in [6.45, 7) is 1.88. The first-order valence-electron chi connectivity index (χ1n) is 6.63. The number of carboxylic acid groups (broad SMARTS) is 1. The van der Waals surface area contributed by atoms with Crippen LogP contribution in [0, 0.1) is 5.92 Å². The molecule has 0 spiro atoms. The zero-order chi connectivity index (χ0) is 14.8. The van der Waals surface area contributed by atoms with E-state index in [9.17, 15) is 14.7 Å². The molecule has 1 heterocycles. The number of carboxylic acids is 1. The first kappa shape index (κ1) is 15.0. The molecule has 108 valence electrons. The number of nitrogens with zero attached hydrogens (tertiary/aromatic N) is 1. The Morgan fingerprint density at radius 1 is 1.45 bits per heavy atom. The minimum atomic E-state index is -1.18. The number of carbonyl (C=O) groups excluding carboxylic acids is 1. The van der Waals surface area contributed by atoms with Crippen LogP contribution >= 0.6 is 15.9 Å². The second-order valence-corrected chi connectivity index (χ2v) is 6.15. The molecule has 0 bridgehead atoms. The molecule has 2 rings (SSSR count). The highest BCUT2D eigenvalue weighted by atomic mass is 79.9. The number of nitrogens with one attached hydrogen (secondary N) is 1. The summed E-state index contributed by atoms with van der Waals surface area (Å²) in [7, 11) is 0. The van der Waals surface area contributed by atoms with Crippen molar-refractivity contribution < 1.29 is 14.7 Å². The first-order valence-corrected chi connectivity index (χ1v) is 7.42. The zero-order valence-corrected chi connectivity index (χ0v) is 12.8. The van der Waals surface area contributed by atoms with E-state index >= 15 is 0 Å². The summed E-state index contributed by atoms with van der Waals surface area (Å²) in [5, 5.41) is 12.3. The molecule has 2 N–H and O–H groups in total. The molecule has 20 heavy (non-hydrogen) atoms. The van der Waals surface area contributed by atoms with E-state index in [1.807, 2.05) is 6.92 Å². The molecule has 0 radical (unpaired) electrons. The molecule has 1 aromatic heterocycles. The Kier molecular flexibility index (Phi) is 4.42. The Morgan fingerprint density at radius 2 is 2.20 bits per heavy atom. The molecule has 2 unspecified atom stereocenters. The van der Waals surface area contributed by atoms with Crippen molar-refractivity contribution in [1.29, 1.82) is 0 Å². The lowest BCUT2D eigenvalue weighted by Gasteiger charge is -2.39. The average molecular weight is 341 g/mol. The van der Waals surface area contributed by atoms with Gasteiger partial charge >= 0.3 is 5.97 Å². The summed E-state index contributed by atoms with van der Waals surface area (Å²) in [6.07, 6.45) is 4.60. The molecular formula is C14H17BrN2O3. The summed E-state index contributed by atoms with van der Waals surface area (Å²) >= 11 is 3.25. The maximum atomic E-state index is 12.2. The first-order chi connectivity index (χ1) is 9.45. The van der Waals surface area contributed by atoms with Crippen LogP contribution in [0.15, 0.2) is 22.8 Å². The summed E-state index contributed by atoms with van der Waals surface area (Å²) < 4.78 is 0.771. The minimum Gasteiger partial charge on any atom is -0.479 e. The molecule has 1 aliphatic carbocycles. The number of pyridine rings is 1. The summed E-state index contributed by atoms with van der Waals surface area (Å²) in [4.78, 5) is 27.9. The van der Waals surface area contributed by atoms with Gasteiger partial charge < -0.3 is 10.4 Å². The third-order valence-electron chi connectivity index (χ3n) is 3.98. The highest BCUT2D eigenvalue weighted by molar-refractivity contribution is 9.10. The topological polar surface area (TPSA) is 79.3 Å². The molecule has 5 nitrogen and oxygen atoms in total. The van der Waals surface area contributed by atoms with Crippen LogP contribution in [0.2, 0.25) is 0 Å². The standard InChI is InChI=1S/C14H17BrN2O3/c1-9-4-2-3-7-14(9,13(19)20)17-12(18)11-6-5-10(15)8-16-11/h5-6,8-9H,2-4,7H2,1H3,(H,17,18)(H,19,20). The summed E-state index contributed by atoms with van der Waals surface area (Å²) in [6, 6.07) is 3.28. The van der Waals surface area contributed by atoms with E-state index in [1.54, 1.807) is 12.1 Å².